The molecule has 0 spiro atoms. The number of rotatable bonds is 6. The number of carbonyl (C=O) groups excluding carboxylic acids is 1. The predicted octanol–water partition coefficient (Wildman–Crippen LogP) is 1.07. The molecule has 110 valence electrons. The van der Waals surface area contributed by atoms with Gasteiger partial charge in [-0.05, 0) is 30.7 Å². The van der Waals surface area contributed by atoms with Crippen LogP contribution in [-0.4, -0.2) is 37.7 Å². The minimum absolute atomic E-state index is 0.109. The van der Waals surface area contributed by atoms with E-state index in [1.54, 1.807) is 0 Å². The lowest BCUT2D eigenvalue weighted by atomic mass is 10.1. The molecule has 2 N–H and O–H groups in total. The van der Waals surface area contributed by atoms with Crippen LogP contribution in [0.1, 0.15) is 30.1 Å². The Kier molecular flexibility index (Phi) is 5.26. The first-order chi connectivity index (χ1) is 9.25. The molecule has 0 bridgehead atoms. The van der Waals surface area contributed by atoms with E-state index in [0.717, 1.165) is 6.26 Å². The largest absolute Gasteiger partial charge is 0.480 e. The maximum Gasteiger partial charge on any atom is 0.326 e. The number of hydrogen-bond acceptors (Lipinski definition) is 4. The molecule has 1 amide bonds. The molecule has 20 heavy (non-hydrogen) atoms. The summed E-state index contributed by atoms with van der Waals surface area (Å²) < 4.78 is 22.6. The van der Waals surface area contributed by atoms with Crippen molar-refractivity contribution in [3.63, 3.8) is 0 Å². The van der Waals surface area contributed by atoms with Gasteiger partial charge in [0.15, 0.2) is 9.84 Å². The van der Waals surface area contributed by atoms with E-state index >= 15 is 0 Å². The minimum atomic E-state index is -3.32. The van der Waals surface area contributed by atoms with E-state index in [1.165, 1.54) is 24.3 Å². The van der Waals surface area contributed by atoms with Crippen LogP contribution >= 0.6 is 0 Å². The van der Waals surface area contributed by atoms with Crippen molar-refractivity contribution in [3.8, 4) is 0 Å². The second kappa shape index (κ2) is 6.51. The summed E-state index contributed by atoms with van der Waals surface area (Å²) in [6, 6.07) is 4.41. The van der Waals surface area contributed by atoms with Gasteiger partial charge in [-0.15, -0.1) is 0 Å². The van der Waals surface area contributed by atoms with E-state index in [9.17, 15) is 18.0 Å². The van der Waals surface area contributed by atoms with Crippen LogP contribution in [0.15, 0.2) is 29.2 Å². The summed E-state index contributed by atoms with van der Waals surface area (Å²) in [7, 11) is -3.32. The van der Waals surface area contributed by atoms with Crippen LogP contribution < -0.4 is 5.32 Å². The minimum Gasteiger partial charge on any atom is -0.480 e. The van der Waals surface area contributed by atoms with Gasteiger partial charge < -0.3 is 10.4 Å². The Morgan fingerprint density at radius 2 is 1.80 bits per heavy atom. The molecular formula is C13H17NO5S. The molecular weight excluding hydrogens is 282 g/mol. The van der Waals surface area contributed by atoms with Crippen molar-refractivity contribution in [3.05, 3.63) is 29.8 Å². The maximum atomic E-state index is 11.9. The van der Waals surface area contributed by atoms with Crippen molar-refractivity contribution in [2.24, 2.45) is 0 Å². The number of carboxylic acid groups (broad SMARTS) is 1. The molecule has 0 saturated heterocycles. The SMILES string of the molecule is CCCC(NC(=O)c1ccc(S(C)(=O)=O)cc1)C(=O)O. The second-order valence-electron chi connectivity index (χ2n) is 4.45. The number of amides is 1. The average molecular weight is 299 g/mol. The predicted molar refractivity (Wildman–Crippen MR) is 73.3 cm³/mol. The van der Waals surface area contributed by atoms with E-state index in [2.05, 4.69) is 5.32 Å². The molecule has 0 saturated carbocycles. The van der Waals surface area contributed by atoms with Crippen LogP contribution in [0.3, 0.4) is 0 Å². The van der Waals surface area contributed by atoms with Crippen LogP contribution in [0, 0.1) is 0 Å². The summed E-state index contributed by atoms with van der Waals surface area (Å²) in [4.78, 5) is 22.9. The van der Waals surface area contributed by atoms with E-state index < -0.39 is 27.8 Å². The van der Waals surface area contributed by atoms with Gasteiger partial charge in [-0.25, -0.2) is 13.2 Å². The Bertz CT molecular complexity index is 592. The molecule has 1 rings (SSSR count). The monoisotopic (exact) mass is 299 g/mol. The van der Waals surface area contributed by atoms with E-state index in [4.69, 9.17) is 5.11 Å². The summed E-state index contributed by atoms with van der Waals surface area (Å²) in [5.41, 5.74) is 0.222. The van der Waals surface area contributed by atoms with Gasteiger partial charge in [-0.2, -0.15) is 0 Å². The molecule has 1 aromatic carbocycles. The van der Waals surface area contributed by atoms with E-state index in [-0.39, 0.29) is 10.5 Å². The fraction of sp³-hybridized carbons (Fsp3) is 0.385. The van der Waals surface area contributed by atoms with Crippen LogP contribution in [0.4, 0.5) is 0 Å². The first-order valence-electron chi connectivity index (χ1n) is 6.09. The van der Waals surface area contributed by atoms with Gasteiger partial charge in [0.1, 0.15) is 6.04 Å². The lowest BCUT2D eigenvalue weighted by molar-refractivity contribution is -0.139. The molecule has 0 radical (unpaired) electrons. The summed E-state index contributed by atoms with van der Waals surface area (Å²) in [6.07, 6.45) is 2.04. The quantitative estimate of drug-likeness (QED) is 0.818. The third-order valence-corrected chi connectivity index (χ3v) is 3.85. The Labute approximate surface area is 117 Å². The number of benzene rings is 1. The Morgan fingerprint density at radius 1 is 1.25 bits per heavy atom. The number of sulfone groups is 1. The fourth-order valence-corrected chi connectivity index (χ4v) is 2.27. The third kappa shape index (κ3) is 4.34. The van der Waals surface area contributed by atoms with Gasteiger partial charge in [-0.3, -0.25) is 4.79 Å². The normalized spacial score (nSPS) is 12.7. The number of hydrogen-bond donors (Lipinski definition) is 2. The van der Waals surface area contributed by atoms with Crippen LogP contribution in [0.25, 0.3) is 0 Å². The van der Waals surface area contributed by atoms with Gasteiger partial charge in [0, 0.05) is 11.8 Å². The number of aliphatic carboxylic acids is 1. The summed E-state index contributed by atoms with van der Waals surface area (Å²) in [5, 5.41) is 11.4. The standard InChI is InChI=1S/C13H17NO5S/c1-3-4-11(13(16)17)14-12(15)9-5-7-10(8-6-9)20(2,18)19/h5-8,11H,3-4H2,1-2H3,(H,14,15)(H,16,17). The Morgan fingerprint density at radius 3 is 2.20 bits per heavy atom. The number of carbonyl (C=O) groups is 2. The molecule has 0 aliphatic carbocycles. The van der Waals surface area contributed by atoms with Crippen molar-refractivity contribution < 1.29 is 23.1 Å². The van der Waals surface area contributed by atoms with Crippen molar-refractivity contribution in [1.82, 2.24) is 5.32 Å². The lowest BCUT2D eigenvalue weighted by Gasteiger charge is -2.13. The molecule has 6 nitrogen and oxygen atoms in total. The van der Waals surface area contributed by atoms with Crippen molar-refractivity contribution in [1.29, 1.82) is 0 Å². The van der Waals surface area contributed by atoms with Crippen LogP contribution in [0.5, 0.6) is 0 Å². The van der Waals surface area contributed by atoms with E-state index in [0.29, 0.717) is 12.8 Å². The topological polar surface area (TPSA) is 101 Å². The molecule has 0 aliphatic rings. The van der Waals surface area contributed by atoms with Crippen molar-refractivity contribution >= 4 is 21.7 Å². The zero-order valence-electron chi connectivity index (χ0n) is 11.3. The number of nitrogens with one attached hydrogen (secondary N) is 1. The molecule has 7 heteroatoms. The first kappa shape index (κ1) is 16.2. The maximum absolute atomic E-state index is 11.9. The summed E-state index contributed by atoms with van der Waals surface area (Å²) >= 11 is 0. The first-order valence-corrected chi connectivity index (χ1v) is 7.98. The van der Waals surface area contributed by atoms with Crippen molar-refractivity contribution in [2.75, 3.05) is 6.26 Å². The highest BCUT2D eigenvalue weighted by atomic mass is 32.2. The highest BCUT2D eigenvalue weighted by molar-refractivity contribution is 7.90. The van der Waals surface area contributed by atoms with Gasteiger partial charge >= 0.3 is 5.97 Å². The molecule has 0 aliphatic heterocycles. The smallest absolute Gasteiger partial charge is 0.326 e. The highest BCUT2D eigenvalue weighted by Gasteiger charge is 2.19. The van der Waals surface area contributed by atoms with Crippen LogP contribution in [-0.2, 0) is 14.6 Å². The Balaban J connectivity index is 2.85. The molecule has 1 atom stereocenters. The third-order valence-electron chi connectivity index (χ3n) is 2.73. The average Bonchev–Trinajstić information content (AvgIpc) is 2.37. The number of carboxylic acids is 1. The van der Waals surface area contributed by atoms with Gasteiger partial charge in [0.25, 0.3) is 5.91 Å². The summed E-state index contributed by atoms with van der Waals surface area (Å²) in [5.74, 6) is -1.63. The molecule has 0 heterocycles. The molecule has 0 aromatic heterocycles. The summed E-state index contributed by atoms with van der Waals surface area (Å²) in [6.45, 7) is 1.82. The van der Waals surface area contributed by atoms with Crippen LogP contribution in [0.2, 0.25) is 0 Å². The molecule has 1 unspecified atom stereocenters. The van der Waals surface area contributed by atoms with Crippen molar-refractivity contribution in [2.45, 2.75) is 30.7 Å². The highest BCUT2D eigenvalue weighted by Crippen LogP contribution is 2.10. The molecule has 0 fully saturated rings. The zero-order chi connectivity index (χ0) is 15.3. The zero-order valence-corrected chi connectivity index (χ0v) is 12.1. The fourth-order valence-electron chi connectivity index (χ4n) is 1.64. The van der Waals surface area contributed by atoms with Gasteiger partial charge in [0.2, 0.25) is 0 Å². The van der Waals surface area contributed by atoms with Gasteiger partial charge in [0.05, 0.1) is 4.90 Å². The second-order valence-corrected chi connectivity index (χ2v) is 6.47. The molecule has 1 aromatic rings. The van der Waals surface area contributed by atoms with E-state index in [1.807, 2.05) is 6.92 Å². The lowest BCUT2D eigenvalue weighted by Crippen LogP contribution is -2.40. The van der Waals surface area contributed by atoms with Gasteiger partial charge in [-0.1, -0.05) is 13.3 Å². The Hall–Kier alpha value is -1.89.